The highest BCUT2D eigenvalue weighted by atomic mass is 16.3. The number of nitrogens with zero attached hydrogens (tertiary/aromatic N) is 1. The maximum Gasteiger partial charge on any atom is 0.255 e. The normalized spacial score (nSPS) is 10.5. The number of aromatic hydroxyl groups is 1. The number of benzene rings is 1. The van der Waals surface area contributed by atoms with Crippen LogP contribution in [-0.2, 0) is 0 Å². The van der Waals surface area contributed by atoms with Crippen LogP contribution in [0, 0.1) is 5.92 Å². The summed E-state index contributed by atoms with van der Waals surface area (Å²) in [6.07, 6.45) is 0. The van der Waals surface area contributed by atoms with Gasteiger partial charge in [0.1, 0.15) is 5.75 Å². The lowest BCUT2D eigenvalue weighted by molar-refractivity contribution is 0.0780. The minimum absolute atomic E-state index is 0.0514. The fraction of sp³-hybridized carbons (Fsp3) is 0.417. The van der Waals surface area contributed by atoms with E-state index in [1.54, 1.807) is 11.9 Å². The van der Waals surface area contributed by atoms with Gasteiger partial charge in [-0.25, -0.2) is 0 Å². The van der Waals surface area contributed by atoms with E-state index in [-0.39, 0.29) is 11.7 Å². The van der Waals surface area contributed by atoms with Crippen molar-refractivity contribution in [2.45, 2.75) is 13.8 Å². The highest BCUT2D eigenvalue weighted by molar-refractivity contribution is 5.99. The number of nitrogen functional groups attached to an aromatic ring is 1. The molecule has 88 valence electrons. The van der Waals surface area contributed by atoms with Crippen molar-refractivity contribution in [3.8, 4) is 5.75 Å². The number of carbonyl (C=O) groups is 1. The van der Waals surface area contributed by atoms with Crippen LogP contribution < -0.4 is 5.73 Å². The van der Waals surface area contributed by atoms with E-state index < -0.39 is 0 Å². The first-order valence-electron chi connectivity index (χ1n) is 5.25. The summed E-state index contributed by atoms with van der Waals surface area (Å²) >= 11 is 0. The lowest BCUT2D eigenvalue weighted by Gasteiger charge is -2.20. The number of amides is 1. The maximum atomic E-state index is 12.0. The minimum Gasteiger partial charge on any atom is -0.508 e. The van der Waals surface area contributed by atoms with E-state index in [1.807, 2.05) is 13.8 Å². The Morgan fingerprint density at radius 3 is 2.69 bits per heavy atom. The third-order valence-corrected chi connectivity index (χ3v) is 2.25. The van der Waals surface area contributed by atoms with Crippen molar-refractivity contribution in [3.63, 3.8) is 0 Å². The number of phenolic OH excluding ortho intramolecular Hbond substituents is 1. The van der Waals surface area contributed by atoms with E-state index in [4.69, 9.17) is 5.73 Å². The molecule has 16 heavy (non-hydrogen) atoms. The van der Waals surface area contributed by atoms with Crippen LogP contribution in [0.3, 0.4) is 0 Å². The van der Waals surface area contributed by atoms with Crippen LogP contribution in [0.2, 0.25) is 0 Å². The van der Waals surface area contributed by atoms with Crippen molar-refractivity contribution < 1.29 is 9.90 Å². The summed E-state index contributed by atoms with van der Waals surface area (Å²) in [7, 11) is 1.73. The van der Waals surface area contributed by atoms with E-state index in [0.717, 1.165) is 0 Å². The van der Waals surface area contributed by atoms with Gasteiger partial charge in [0.25, 0.3) is 5.91 Å². The summed E-state index contributed by atoms with van der Waals surface area (Å²) < 4.78 is 0. The zero-order chi connectivity index (χ0) is 12.3. The third kappa shape index (κ3) is 2.89. The van der Waals surface area contributed by atoms with Gasteiger partial charge in [0.15, 0.2) is 0 Å². The number of hydrogen-bond acceptors (Lipinski definition) is 3. The molecule has 0 saturated carbocycles. The Labute approximate surface area is 95.7 Å². The van der Waals surface area contributed by atoms with Gasteiger partial charge < -0.3 is 15.7 Å². The largest absolute Gasteiger partial charge is 0.508 e. The highest BCUT2D eigenvalue weighted by Crippen LogP contribution is 2.20. The summed E-state index contributed by atoms with van der Waals surface area (Å²) in [6.45, 7) is 4.74. The Hall–Kier alpha value is -1.71. The number of rotatable bonds is 3. The number of carbonyl (C=O) groups excluding carboxylic acids is 1. The number of nitrogens with two attached hydrogens (primary N) is 1. The Bertz CT molecular complexity index is 389. The van der Waals surface area contributed by atoms with Crippen molar-refractivity contribution >= 4 is 11.6 Å². The molecular weight excluding hydrogens is 204 g/mol. The Morgan fingerprint density at radius 1 is 1.50 bits per heavy atom. The number of phenols is 1. The van der Waals surface area contributed by atoms with E-state index in [1.165, 1.54) is 18.2 Å². The molecule has 0 spiro atoms. The van der Waals surface area contributed by atoms with Gasteiger partial charge in [-0.15, -0.1) is 0 Å². The summed E-state index contributed by atoms with van der Waals surface area (Å²) in [5.74, 6) is 0.282. The number of anilines is 1. The molecule has 0 aromatic heterocycles. The Kier molecular flexibility index (Phi) is 3.77. The molecule has 4 nitrogen and oxygen atoms in total. The van der Waals surface area contributed by atoms with Gasteiger partial charge >= 0.3 is 0 Å². The zero-order valence-electron chi connectivity index (χ0n) is 9.90. The fourth-order valence-corrected chi connectivity index (χ4v) is 1.57. The SMILES string of the molecule is CC(C)CN(C)C(=O)c1cc(O)ccc1N. The highest BCUT2D eigenvalue weighted by Gasteiger charge is 2.15. The molecule has 0 aliphatic heterocycles. The summed E-state index contributed by atoms with van der Waals surface area (Å²) in [4.78, 5) is 13.6. The summed E-state index contributed by atoms with van der Waals surface area (Å²) in [6, 6.07) is 4.40. The molecule has 1 aromatic carbocycles. The van der Waals surface area contributed by atoms with Crippen LogP contribution in [0.4, 0.5) is 5.69 Å². The van der Waals surface area contributed by atoms with Crippen molar-refractivity contribution in [2.24, 2.45) is 5.92 Å². The van der Waals surface area contributed by atoms with Gasteiger partial charge in [0, 0.05) is 19.3 Å². The van der Waals surface area contributed by atoms with Gasteiger partial charge in [0.05, 0.1) is 5.56 Å². The van der Waals surface area contributed by atoms with Crippen LogP contribution in [0.15, 0.2) is 18.2 Å². The predicted octanol–water partition coefficient (Wildman–Crippen LogP) is 1.70. The average molecular weight is 222 g/mol. The molecule has 0 saturated heterocycles. The maximum absolute atomic E-state index is 12.0. The third-order valence-electron chi connectivity index (χ3n) is 2.25. The van der Waals surface area contributed by atoms with E-state index in [9.17, 15) is 9.90 Å². The second-order valence-electron chi connectivity index (χ2n) is 4.35. The molecule has 1 amide bonds. The predicted molar refractivity (Wildman–Crippen MR) is 64.3 cm³/mol. The van der Waals surface area contributed by atoms with Gasteiger partial charge in [-0.05, 0) is 24.1 Å². The molecule has 3 N–H and O–H groups in total. The first-order chi connectivity index (χ1) is 7.41. The van der Waals surface area contributed by atoms with Gasteiger partial charge in [-0.2, -0.15) is 0 Å². The molecule has 0 radical (unpaired) electrons. The molecular formula is C12H18N2O2. The van der Waals surface area contributed by atoms with Crippen molar-refractivity contribution in [3.05, 3.63) is 23.8 Å². The van der Waals surface area contributed by atoms with E-state index >= 15 is 0 Å². The van der Waals surface area contributed by atoms with E-state index in [0.29, 0.717) is 23.7 Å². The molecule has 0 aliphatic rings. The van der Waals surface area contributed by atoms with Gasteiger partial charge in [-0.3, -0.25) is 4.79 Å². The lowest BCUT2D eigenvalue weighted by atomic mass is 10.1. The number of hydrogen-bond donors (Lipinski definition) is 2. The van der Waals surface area contributed by atoms with Crippen molar-refractivity contribution in [1.29, 1.82) is 0 Å². The standard InChI is InChI=1S/C12H18N2O2/c1-8(2)7-14(3)12(16)10-6-9(15)4-5-11(10)13/h4-6,8,15H,7,13H2,1-3H3. The minimum atomic E-state index is -0.165. The first kappa shape index (κ1) is 12.4. The molecule has 0 bridgehead atoms. The summed E-state index contributed by atoms with van der Waals surface area (Å²) in [5.41, 5.74) is 6.44. The molecule has 1 aromatic rings. The molecule has 0 fully saturated rings. The Balaban J connectivity index is 2.91. The van der Waals surface area contributed by atoms with Crippen LogP contribution in [0.1, 0.15) is 24.2 Å². The molecule has 1 rings (SSSR count). The van der Waals surface area contributed by atoms with Crippen molar-refractivity contribution in [1.82, 2.24) is 4.90 Å². The van der Waals surface area contributed by atoms with Crippen molar-refractivity contribution in [2.75, 3.05) is 19.3 Å². The second-order valence-corrected chi connectivity index (χ2v) is 4.35. The quantitative estimate of drug-likeness (QED) is 0.604. The molecule has 0 atom stereocenters. The second kappa shape index (κ2) is 4.88. The molecule has 4 heteroatoms. The molecule has 0 unspecified atom stereocenters. The lowest BCUT2D eigenvalue weighted by Crippen LogP contribution is -2.30. The zero-order valence-corrected chi connectivity index (χ0v) is 9.90. The smallest absolute Gasteiger partial charge is 0.255 e. The van der Waals surface area contributed by atoms with Gasteiger partial charge in [-0.1, -0.05) is 13.8 Å². The Morgan fingerprint density at radius 2 is 2.12 bits per heavy atom. The van der Waals surface area contributed by atoms with Crippen LogP contribution in [-0.4, -0.2) is 29.5 Å². The monoisotopic (exact) mass is 222 g/mol. The van der Waals surface area contributed by atoms with Crippen LogP contribution in [0.5, 0.6) is 5.75 Å². The van der Waals surface area contributed by atoms with Gasteiger partial charge in [0.2, 0.25) is 0 Å². The van der Waals surface area contributed by atoms with E-state index in [2.05, 4.69) is 0 Å². The molecule has 0 heterocycles. The van der Waals surface area contributed by atoms with Crippen LogP contribution >= 0.6 is 0 Å². The topological polar surface area (TPSA) is 66.6 Å². The van der Waals surface area contributed by atoms with Crippen LogP contribution in [0.25, 0.3) is 0 Å². The average Bonchev–Trinajstić information content (AvgIpc) is 2.19. The molecule has 0 aliphatic carbocycles. The fourth-order valence-electron chi connectivity index (χ4n) is 1.57. The first-order valence-corrected chi connectivity index (χ1v) is 5.25. The summed E-state index contributed by atoms with van der Waals surface area (Å²) in [5, 5.41) is 9.32.